The smallest absolute Gasteiger partial charge is 0.423 e. The van der Waals surface area contributed by atoms with Crippen LogP contribution in [0.3, 0.4) is 0 Å². The molecule has 3 aromatic carbocycles. The number of rotatable bonds is 4. The van der Waals surface area contributed by atoms with Gasteiger partial charge in [-0.25, -0.2) is 0 Å². The van der Waals surface area contributed by atoms with Gasteiger partial charge in [-0.2, -0.15) is 0 Å². The van der Waals surface area contributed by atoms with Crippen LogP contribution in [-0.4, -0.2) is 28.7 Å². The predicted molar refractivity (Wildman–Crippen MR) is 102 cm³/mol. The highest BCUT2D eigenvalue weighted by Crippen LogP contribution is 2.31. The fraction of sp³-hybridized carbons (Fsp3) is 0.0476. The minimum absolute atomic E-state index is 0.0234. The molecule has 1 aliphatic rings. The van der Waals surface area contributed by atoms with Crippen LogP contribution >= 0.6 is 0 Å². The number of hydrogen-bond donors (Lipinski definition) is 2. The standard InChI is InChI=1S/C21H15BO4/c23-19-11-8-14-4-5-15(17-2-1-3-18(19)21(14)17)12-20(24)13-6-9-16(10-7-13)22(25)26/h1-11,25-26H,12H2. The quantitative estimate of drug-likeness (QED) is 0.563. The highest BCUT2D eigenvalue weighted by atomic mass is 16.4. The van der Waals surface area contributed by atoms with E-state index in [0.717, 1.165) is 21.9 Å². The van der Waals surface area contributed by atoms with Crippen LogP contribution in [0.5, 0.6) is 0 Å². The van der Waals surface area contributed by atoms with E-state index < -0.39 is 7.12 Å². The Bertz CT molecular complexity index is 1070. The normalized spacial score (nSPS) is 12.5. The zero-order chi connectivity index (χ0) is 18.3. The summed E-state index contributed by atoms with van der Waals surface area (Å²) in [4.78, 5) is 24.8. The first-order valence-electron chi connectivity index (χ1n) is 8.31. The topological polar surface area (TPSA) is 74.6 Å². The third-order valence-corrected chi connectivity index (χ3v) is 4.72. The van der Waals surface area contributed by atoms with E-state index in [1.807, 2.05) is 36.4 Å². The second kappa shape index (κ2) is 6.37. The van der Waals surface area contributed by atoms with Crippen LogP contribution in [0.4, 0.5) is 0 Å². The maximum absolute atomic E-state index is 12.7. The van der Waals surface area contributed by atoms with E-state index in [0.29, 0.717) is 16.6 Å². The Morgan fingerprint density at radius 1 is 0.923 bits per heavy atom. The predicted octanol–water partition coefficient (Wildman–Crippen LogP) is 2.15. The first-order chi connectivity index (χ1) is 12.5. The van der Waals surface area contributed by atoms with Crippen molar-refractivity contribution in [2.45, 2.75) is 6.42 Å². The Morgan fingerprint density at radius 2 is 1.69 bits per heavy atom. The minimum Gasteiger partial charge on any atom is -0.423 e. The van der Waals surface area contributed by atoms with Crippen molar-refractivity contribution in [2.75, 3.05) is 0 Å². The fourth-order valence-corrected chi connectivity index (χ4v) is 3.36. The van der Waals surface area contributed by atoms with Gasteiger partial charge in [0, 0.05) is 22.9 Å². The van der Waals surface area contributed by atoms with Gasteiger partial charge in [-0.1, -0.05) is 60.7 Å². The van der Waals surface area contributed by atoms with Crippen LogP contribution in [0.15, 0.2) is 60.7 Å². The number of allylic oxidation sites excluding steroid dienone is 1. The maximum atomic E-state index is 12.7. The highest BCUT2D eigenvalue weighted by Gasteiger charge is 2.18. The number of hydrogen-bond acceptors (Lipinski definition) is 4. The van der Waals surface area contributed by atoms with Crippen LogP contribution in [0.25, 0.3) is 16.8 Å². The summed E-state index contributed by atoms with van der Waals surface area (Å²) >= 11 is 0. The summed E-state index contributed by atoms with van der Waals surface area (Å²) in [6.07, 6.45) is 3.58. The van der Waals surface area contributed by atoms with Crippen molar-refractivity contribution in [1.82, 2.24) is 0 Å². The molecular weight excluding hydrogens is 327 g/mol. The average molecular weight is 342 g/mol. The van der Waals surface area contributed by atoms with E-state index in [-0.39, 0.29) is 18.0 Å². The maximum Gasteiger partial charge on any atom is 0.488 e. The lowest BCUT2D eigenvalue weighted by Crippen LogP contribution is -2.29. The van der Waals surface area contributed by atoms with Crippen LogP contribution in [0.1, 0.15) is 31.8 Å². The number of benzene rings is 3. The summed E-state index contributed by atoms with van der Waals surface area (Å²) in [7, 11) is -1.55. The molecule has 5 heteroatoms. The first-order valence-corrected chi connectivity index (χ1v) is 8.31. The van der Waals surface area contributed by atoms with Crippen molar-refractivity contribution in [2.24, 2.45) is 0 Å². The molecule has 0 spiro atoms. The molecule has 126 valence electrons. The Morgan fingerprint density at radius 3 is 2.42 bits per heavy atom. The van der Waals surface area contributed by atoms with Crippen molar-refractivity contribution in [3.8, 4) is 0 Å². The molecular formula is C21H15BO4. The summed E-state index contributed by atoms with van der Waals surface area (Å²) in [5.41, 5.74) is 3.35. The molecule has 3 aromatic rings. The van der Waals surface area contributed by atoms with E-state index in [2.05, 4.69) is 0 Å². The van der Waals surface area contributed by atoms with Gasteiger partial charge in [0.05, 0.1) is 0 Å². The summed E-state index contributed by atoms with van der Waals surface area (Å²) in [6, 6.07) is 15.7. The molecule has 0 fully saturated rings. The van der Waals surface area contributed by atoms with Crippen molar-refractivity contribution < 1.29 is 19.6 Å². The Labute approximate surface area is 150 Å². The van der Waals surface area contributed by atoms with Gasteiger partial charge in [0.1, 0.15) is 0 Å². The molecule has 1 aliphatic carbocycles. The SMILES string of the molecule is O=C(Cc1ccc2c3c(cccc13)C(=O)C=C2)c1ccc(B(O)O)cc1. The number of carbonyl (C=O) groups excluding carboxylic acids is 2. The second-order valence-electron chi connectivity index (χ2n) is 6.34. The van der Waals surface area contributed by atoms with E-state index in [4.69, 9.17) is 10.0 Å². The molecule has 0 unspecified atom stereocenters. The summed E-state index contributed by atoms with van der Waals surface area (Å²) in [5, 5.41) is 20.1. The molecule has 0 aliphatic heterocycles. The monoisotopic (exact) mass is 342 g/mol. The van der Waals surface area contributed by atoms with Gasteiger partial charge < -0.3 is 10.0 Å². The van der Waals surface area contributed by atoms with E-state index >= 15 is 0 Å². The van der Waals surface area contributed by atoms with Crippen LogP contribution < -0.4 is 5.46 Å². The van der Waals surface area contributed by atoms with Crippen LogP contribution in [-0.2, 0) is 6.42 Å². The Kier molecular flexibility index (Phi) is 4.03. The lowest BCUT2D eigenvalue weighted by atomic mass is 9.80. The lowest BCUT2D eigenvalue weighted by molar-refractivity contribution is 0.0992. The lowest BCUT2D eigenvalue weighted by Gasteiger charge is -2.14. The van der Waals surface area contributed by atoms with Crippen molar-refractivity contribution in [3.63, 3.8) is 0 Å². The fourth-order valence-electron chi connectivity index (χ4n) is 3.36. The summed E-state index contributed by atoms with van der Waals surface area (Å²) < 4.78 is 0. The molecule has 26 heavy (non-hydrogen) atoms. The van der Waals surface area contributed by atoms with Crippen molar-refractivity contribution >= 4 is 41.0 Å². The van der Waals surface area contributed by atoms with Gasteiger partial charge in [0.15, 0.2) is 11.6 Å². The molecule has 2 N–H and O–H groups in total. The summed E-state index contributed by atoms with van der Waals surface area (Å²) in [5.74, 6) is -0.0907. The third kappa shape index (κ3) is 2.77. The molecule has 4 nitrogen and oxygen atoms in total. The number of carbonyl (C=O) groups is 2. The summed E-state index contributed by atoms with van der Waals surface area (Å²) in [6.45, 7) is 0. The molecule has 0 bridgehead atoms. The molecule has 0 aromatic heterocycles. The van der Waals surface area contributed by atoms with E-state index in [9.17, 15) is 9.59 Å². The molecule has 0 radical (unpaired) electrons. The highest BCUT2D eigenvalue weighted by molar-refractivity contribution is 6.58. The largest absolute Gasteiger partial charge is 0.488 e. The Hall–Kier alpha value is -3.02. The number of ketones is 2. The molecule has 4 rings (SSSR count). The van der Waals surface area contributed by atoms with Gasteiger partial charge in [0.2, 0.25) is 0 Å². The van der Waals surface area contributed by atoms with Crippen LogP contribution in [0, 0.1) is 0 Å². The van der Waals surface area contributed by atoms with E-state index in [1.54, 1.807) is 18.2 Å². The van der Waals surface area contributed by atoms with Gasteiger partial charge in [-0.15, -0.1) is 0 Å². The molecule has 0 saturated heterocycles. The van der Waals surface area contributed by atoms with E-state index in [1.165, 1.54) is 12.1 Å². The van der Waals surface area contributed by atoms with Crippen molar-refractivity contribution in [1.29, 1.82) is 0 Å². The zero-order valence-corrected chi connectivity index (χ0v) is 13.8. The number of Topliss-reactive ketones (excluding diaryl/α,β-unsaturated/α-hetero) is 1. The second-order valence-corrected chi connectivity index (χ2v) is 6.34. The average Bonchev–Trinajstić information content (AvgIpc) is 2.66. The molecule has 0 heterocycles. The first kappa shape index (κ1) is 16.5. The van der Waals surface area contributed by atoms with Gasteiger partial charge in [-0.05, 0) is 28.1 Å². The van der Waals surface area contributed by atoms with Gasteiger partial charge in [0.25, 0.3) is 0 Å². The third-order valence-electron chi connectivity index (χ3n) is 4.72. The molecule has 0 atom stereocenters. The zero-order valence-electron chi connectivity index (χ0n) is 13.8. The van der Waals surface area contributed by atoms with Crippen molar-refractivity contribution in [3.05, 3.63) is 82.9 Å². The minimum atomic E-state index is -1.55. The van der Waals surface area contributed by atoms with Crippen LogP contribution in [0.2, 0.25) is 0 Å². The molecule has 0 saturated carbocycles. The molecule has 0 amide bonds. The van der Waals surface area contributed by atoms with Gasteiger partial charge >= 0.3 is 7.12 Å². The Balaban J connectivity index is 1.71. The van der Waals surface area contributed by atoms with Gasteiger partial charge in [-0.3, -0.25) is 9.59 Å².